The van der Waals surface area contributed by atoms with Crippen LogP contribution in [0.15, 0.2) is 36.7 Å². The predicted molar refractivity (Wildman–Crippen MR) is 93.0 cm³/mol. The van der Waals surface area contributed by atoms with E-state index in [1.807, 2.05) is 0 Å². The first-order valence-corrected chi connectivity index (χ1v) is 8.48. The zero-order valence-corrected chi connectivity index (χ0v) is 14.2. The molecule has 1 atom stereocenters. The first-order valence-electron chi connectivity index (χ1n) is 8.48. The summed E-state index contributed by atoms with van der Waals surface area (Å²) in [6, 6.07) is 5.81. The Labute approximate surface area is 150 Å². The molecule has 1 aliphatic rings. The highest BCUT2D eigenvalue weighted by Gasteiger charge is 2.23. The normalized spacial score (nSPS) is 16.7. The lowest BCUT2D eigenvalue weighted by molar-refractivity contribution is 0.0896. The maximum absolute atomic E-state index is 12.9. The molecule has 1 aromatic heterocycles. The van der Waals surface area contributed by atoms with Gasteiger partial charge in [-0.2, -0.15) is 0 Å². The van der Waals surface area contributed by atoms with Crippen LogP contribution in [0.3, 0.4) is 0 Å². The molecule has 2 heterocycles. The van der Waals surface area contributed by atoms with Crippen molar-refractivity contribution in [3.63, 3.8) is 0 Å². The smallest absolute Gasteiger partial charge is 0.272 e. The number of rotatable bonds is 5. The van der Waals surface area contributed by atoms with E-state index in [1.165, 1.54) is 24.5 Å². The van der Waals surface area contributed by atoms with Crippen molar-refractivity contribution in [2.75, 3.05) is 13.1 Å². The van der Waals surface area contributed by atoms with E-state index in [9.17, 15) is 14.0 Å². The third-order valence-electron chi connectivity index (χ3n) is 4.13. The van der Waals surface area contributed by atoms with Crippen LogP contribution in [0.1, 0.15) is 39.4 Å². The molecular formula is C18H20FN5O2. The SMILES string of the molecule is O=C(NCc1ccc(F)cc1)c1nccnc1C(=O)NC1CCCNC1. The van der Waals surface area contributed by atoms with Gasteiger partial charge in [-0.15, -0.1) is 0 Å². The summed E-state index contributed by atoms with van der Waals surface area (Å²) in [4.78, 5) is 32.9. The summed E-state index contributed by atoms with van der Waals surface area (Å²) in [5, 5.41) is 8.78. The highest BCUT2D eigenvalue weighted by atomic mass is 19.1. The van der Waals surface area contributed by atoms with Crippen LogP contribution in [0.5, 0.6) is 0 Å². The van der Waals surface area contributed by atoms with Gasteiger partial charge in [0.05, 0.1) is 0 Å². The second-order valence-electron chi connectivity index (χ2n) is 6.08. The number of hydrogen-bond acceptors (Lipinski definition) is 5. The second-order valence-corrected chi connectivity index (χ2v) is 6.08. The van der Waals surface area contributed by atoms with Gasteiger partial charge in [0.25, 0.3) is 11.8 Å². The van der Waals surface area contributed by atoms with E-state index in [2.05, 4.69) is 25.9 Å². The van der Waals surface area contributed by atoms with E-state index in [0.717, 1.165) is 24.9 Å². The van der Waals surface area contributed by atoms with Gasteiger partial charge in [0, 0.05) is 31.5 Å². The molecular weight excluding hydrogens is 337 g/mol. The number of amides is 2. The van der Waals surface area contributed by atoms with Crippen molar-refractivity contribution in [1.29, 1.82) is 0 Å². The Balaban J connectivity index is 1.66. The number of hydrogen-bond donors (Lipinski definition) is 3. The molecule has 1 aliphatic heterocycles. The molecule has 1 fully saturated rings. The molecule has 1 aromatic carbocycles. The molecule has 3 rings (SSSR count). The van der Waals surface area contributed by atoms with Crippen molar-refractivity contribution in [3.05, 3.63) is 59.4 Å². The Morgan fingerprint density at radius 3 is 2.46 bits per heavy atom. The molecule has 3 N–H and O–H groups in total. The Morgan fingerprint density at radius 1 is 1.12 bits per heavy atom. The fourth-order valence-corrected chi connectivity index (χ4v) is 2.77. The molecule has 0 radical (unpaired) electrons. The Hall–Kier alpha value is -2.87. The maximum atomic E-state index is 12.9. The van der Waals surface area contributed by atoms with Gasteiger partial charge < -0.3 is 16.0 Å². The molecule has 2 aromatic rings. The van der Waals surface area contributed by atoms with E-state index in [1.54, 1.807) is 12.1 Å². The average molecular weight is 357 g/mol. The number of nitrogens with zero attached hydrogens (tertiary/aromatic N) is 2. The molecule has 0 spiro atoms. The average Bonchev–Trinajstić information content (AvgIpc) is 2.68. The van der Waals surface area contributed by atoms with Gasteiger partial charge in [0.1, 0.15) is 5.82 Å². The fraction of sp³-hybridized carbons (Fsp3) is 0.333. The van der Waals surface area contributed by atoms with Gasteiger partial charge in [-0.05, 0) is 37.1 Å². The summed E-state index contributed by atoms with van der Waals surface area (Å²) < 4.78 is 12.9. The molecule has 0 saturated carbocycles. The molecule has 1 unspecified atom stereocenters. The van der Waals surface area contributed by atoms with E-state index in [0.29, 0.717) is 6.54 Å². The number of benzene rings is 1. The third kappa shape index (κ3) is 4.60. The molecule has 26 heavy (non-hydrogen) atoms. The quantitative estimate of drug-likeness (QED) is 0.743. The lowest BCUT2D eigenvalue weighted by atomic mass is 10.1. The highest BCUT2D eigenvalue weighted by molar-refractivity contribution is 6.04. The van der Waals surface area contributed by atoms with Crippen LogP contribution in [-0.2, 0) is 6.54 Å². The van der Waals surface area contributed by atoms with Crippen LogP contribution in [-0.4, -0.2) is 40.9 Å². The summed E-state index contributed by atoms with van der Waals surface area (Å²) in [6.07, 6.45) is 4.61. The number of carbonyl (C=O) groups is 2. The van der Waals surface area contributed by atoms with Crippen LogP contribution in [0.2, 0.25) is 0 Å². The Bertz CT molecular complexity index is 775. The summed E-state index contributed by atoms with van der Waals surface area (Å²) in [5.41, 5.74) is 0.702. The molecule has 1 saturated heterocycles. The lowest BCUT2D eigenvalue weighted by Crippen LogP contribution is -2.46. The molecule has 2 amide bonds. The summed E-state index contributed by atoms with van der Waals surface area (Å²) in [6.45, 7) is 1.83. The second kappa shape index (κ2) is 8.48. The van der Waals surface area contributed by atoms with Crippen molar-refractivity contribution in [2.45, 2.75) is 25.4 Å². The van der Waals surface area contributed by atoms with Crippen molar-refractivity contribution < 1.29 is 14.0 Å². The van der Waals surface area contributed by atoms with Crippen LogP contribution < -0.4 is 16.0 Å². The van der Waals surface area contributed by atoms with Gasteiger partial charge in [-0.25, -0.2) is 14.4 Å². The molecule has 136 valence electrons. The Kier molecular flexibility index (Phi) is 5.85. The van der Waals surface area contributed by atoms with E-state index in [4.69, 9.17) is 0 Å². The van der Waals surface area contributed by atoms with Crippen molar-refractivity contribution >= 4 is 11.8 Å². The molecule has 7 nitrogen and oxygen atoms in total. The zero-order chi connectivity index (χ0) is 18.4. The van der Waals surface area contributed by atoms with Crippen LogP contribution in [0.4, 0.5) is 4.39 Å². The number of nitrogens with one attached hydrogen (secondary N) is 3. The van der Waals surface area contributed by atoms with Gasteiger partial charge >= 0.3 is 0 Å². The van der Waals surface area contributed by atoms with Crippen molar-refractivity contribution in [1.82, 2.24) is 25.9 Å². The zero-order valence-electron chi connectivity index (χ0n) is 14.2. The fourth-order valence-electron chi connectivity index (χ4n) is 2.77. The number of piperidine rings is 1. The minimum atomic E-state index is -0.505. The largest absolute Gasteiger partial charge is 0.347 e. The first kappa shape index (κ1) is 17.9. The number of carbonyl (C=O) groups excluding carboxylic acids is 2. The topological polar surface area (TPSA) is 96.0 Å². The monoisotopic (exact) mass is 357 g/mol. The van der Waals surface area contributed by atoms with Gasteiger partial charge in [0.15, 0.2) is 11.4 Å². The molecule has 0 aliphatic carbocycles. The van der Waals surface area contributed by atoms with E-state index < -0.39 is 11.8 Å². The van der Waals surface area contributed by atoms with Crippen molar-refractivity contribution in [2.24, 2.45) is 0 Å². The van der Waals surface area contributed by atoms with Gasteiger partial charge in [0.2, 0.25) is 0 Å². The minimum absolute atomic E-state index is 0.00493. The third-order valence-corrected chi connectivity index (χ3v) is 4.13. The molecule has 8 heteroatoms. The summed E-state index contributed by atoms with van der Waals surface area (Å²) in [5.74, 6) is -1.27. The van der Waals surface area contributed by atoms with Crippen LogP contribution in [0.25, 0.3) is 0 Å². The van der Waals surface area contributed by atoms with Crippen molar-refractivity contribution in [3.8, 4) is 0 Å². The van der Waals surface area contributed by atoms with Gasteiger partial charge in [-0.3, -0.25) is 9.59 Å². The number of aromatic nitrogens is 2. The summed E-state index contributed by atoms with van der Waals surface area (Å²) >= 11 is 0. The van der Waals surface area contributed by atoms with Gasteiger partial charge in [-0.1, -0.05) is 12.1 Å². The minimum Gasteiger partial charge on any atom is -0.347 e. The predicted octanol–water partition coefficient (Wildman–Crippen LogP) is 1.03. The van der Waals surface area contributed by atoms with Crippen LogP contribution >= 0.6 is 0 Å². The lowest BCUT2D eigenvalue weighted by Gasteiger charge is -2.23. The first-order chi connectivity index (χ1) is 12.6. The standard InChI is InChI=1S/C18H20FN5O2/c19-13-5-3-12(4-6-13)10-23-17(25)15-16(22-9-8-21-15)18(26)24-14-2-1-7-20-11-14/h3-6,8-9,14,20H,1-2,7,10-11H2,(H,23,25)(H,24,26). The van der Waals surface area contributed by atoms with Crippen LogP contribution in [0, 0.1) is 5.82 Å². The van der Waals surface area contributed by atoms with E-state index in [-0.39, 0.29) is 29.8 Å². The van der Waals surface area contributed by atoms with E-state index >= 15 is 0 Å². The number of halogens is 1. The highest BCUT2D eigenvalue weighted by Crippen LogP contribution is 2.07. The Morgan fingerprint density at radius 2 is 1.81 bits per heavy atom. The summed E-state index contributed by atoms with van der Waals surface area (Å²) in [7, 11) is 0. The molecule has 0 bridgehead atoms. The maximum Gasteiger partial charge on any atom is 0.272 e.